The van der Waals surface area contributed by atoms with Crippen molar-refractivity contribution in [2.75, 3.05) is 0 Å². The molecule has 6 nitrogen and oxygen atoms in total. The molecule has 7 heteroatoms. The average molecular weight is 515 g/mol. The van der Waals surface area contributed by atoms with Gasteiger partial charge in [-0.3, -0.25) is 9.59 Å². The number of aromatic nitrogens is 1. The molecule has 1 heterocycles. The minimum absolute atomic E-state index is 0.153. The number of hydrazone groups is 1. The van der Waals surface area contributed by atoms with Crippen LogP contribution in [0, 0.1) is 19.8 Å². The Labute approximate surface area is 222 Å². The SMILES string of the molecule is Cc1ccc(Cn2c(C)c(C=NNC(=O)C(NC(=O)c3ccccc3Cl)C(C)C)c3ccccc32)cc1. The molecule has 0 aliphatic carbocycles. The first-order valence-electron chi connectivity index (χ1n) is 12.3. The number of para-hydroxylation sites is 1. The Morgan fingerprint density at radius 2 is 1.65 bits per heavy atom. The van der Waals surface area contributed by atoms with Crippen molar-refractivity contribution in [2.45, 2.75) is 40.3 Å². The molecule has 0 fully saturated rings. The summed E-state index contributed by atoms with van der Waals surface area (Å²) in [6.45, 7) is 8.59. The maximum absolute atomic E-state index is 13.0. The van der Waals surface area contributed by atoms with Crippen molar-refractivity contribution in [3.63, 3.8) is 0 Å². The Hall–Kier alpha value is -3.90. The Kier molecular flexibility index (Phi) is 8.09. The van der Waals surface area contributed by atoms with Crippen molar-refractivity contribution < 1.29 is 9.59 Å². The largest absolute Gasteiger partial charge is 0.340 e. The fourth-order valence-electron chi connectivity index (χ4n) is 4.33. The van der Waals surface area contributed by atoms with E-state index in [4.69, 9.17) is 11.6 Å². The summed E-state index contributed by atoms with van der Waals surface area (Å²) < 4.78 is 2.25. The normalized spacial score (nSPS) is 12.3. The van der Waals surface area contributed by atoms with Crippen LogP contribution in [0.5, 0.6) is 0 Å². The van der Waals surface area contributed by atoms with Gasteiger partial charge in [0.05, 0.1) is 16.8 Å². The van der Waals surface area contributed by atoms with Gasteiger partial charge in [-0.2, -0.15) is 5.10 Å². The molecule has 4 rings (SSSR count). The summed E-state index contributed by atoms with van der Waals surface area (Å²) in [4.78, 5) is 25.7. The Morgan fingerprint density at radius 1 is 0.973 bits per heavy atom. The fourth-order valence-corrected chi connectivity index (χ4v) is 4.55. The molecule has 190 valence electrons. The average Bonchev–Trinajstić information content (AvgIpc) is 3.14. The maximum atomic E-state index is 13.0. The summed E-state index contributed by atoms with van der Waals surface area (Å²) >= 11 is 6.15. The number of nitrogens with zero attached hydrogens (tertiary/aromatic N) is 2. The highest BCUT2D eigenvalue weighted by Crippen LogP contribution is 2.25. The van der Waals surface area contributed by atoms with Gasteiger partial charge in [-0.15, -0.1) is 0 Å². The van der Waals surface area contributed by atoms with E-state index in [-0.39, 0.29) is 5.92 Å². The van der Waals surface area contributed by atoms with E-state index in [9.17, 15) is 9.59 Å². The molecule has 0 aliphatic rings. The van der Waals surface area contributed by atoms with Crippen molar-refractivity contribution >= 4 is 40.5 Å². The van der Waals surface area contributed by atoms with Crippen LogP contribution >= 0.6 is 11.6 Å². The van der Waals surface area contributed by atoms with E-state index in [0.29, 0.717) is 10.6 Å². The minimum Gasteiger partial charge on any atom is -0.340 e. The van der Waals surface area contributed by atoms with Gasteiger partial charge in [-0.05, 0) is 43.5 Å². The van der Waals surface area contributed by atoms with E-state index in [1.54, 1.807) is 30.5 Å². The number of aryl methyl sites for hydroxylation is 1. The van der Waals surface area contributed by atoms with Gasteiger partial charge < -0.3 is 9.88 Å². The van der Waals surface area contributed by atoms with Crippen LogP contribution in [0.4, 0.5) is 0 Å². The molecule has 1 unspecified atom stereocenters. The highest BCUT2D eigenvalue weighted by atomic mass is 35.5. The zero-order valence-corrected chi connectivity index (χ0v) is 22.2. The smallest absolute Gasteiger partial charge is 0.262 e. The van der Waals surface area contributed by atoms with Crippen LogP contribution in [0.15, 0.2) is 77.9 Å². The van der Waals surface area contributed by atoms with Crippen molar-refractivity contribution in [3.05, 3.63) is 106 Å². The summed E-state index contributed by atoms with van der Waals surface area (Å²) in [6, 6.07) is 22.6. The topological polar surface area (TPSA) is 75.5 Å². The second kappa shape index (κ2) is 11.4. The fraction of sp³-hybridized carbons (Fsp3) is 0.233. The third kappa shape index (κ3) is 5.92. The second-order valence-electron chi connectivity index (χ2n) is 9.50. The molecule has 0 saturated heterocycles. The van der Waals surface area contributed by atoms with Gasteiger partial charge in [0.25, 0.3) is 11.8 Å². The molecule has 3 aromatic carbocycles. The van der Waals surface area contributed by atoms with E-state index >= 15 is 0 Å². The molecule has 0 aliphatic heterocycles. The molecule has 1 aromatic heterocycles. The molecule has 0 bridgehead atoms. The molecule has 0 radical (unpaired) electrons. The second-order valence-corrected chi connectivity index (χ2v) is 9.90. The van der Waals surface area contributed by atoms with Crippen LogP contribution in [0.2, 0.25) is 5.02 Å². The van der Waals surface area contributed by atoms with Crippen molar-refractivity contribution in [1.29, 1.82) is 0 Å². The van der Waals surface area contributed by atoms with Crippen molar-refractivity contribution in [2.24, 2.45) is 11.0 Å². The van der Waals surface area contributed by atoms with Crippen LogP contribution in [0.3, 0.4) is 0 Å². The van der Waals surface area contributed by atoms with E-state index in [2.05, 4.69) is 70.7 Å². The molecule has 4 aromatic rings. The maximum Gasteiger partial charge on any atom is 0.262 e. The molecule has 2 amide bonds. The van der Waals surface area contributed by atoms with Crippen LogP contribution in [-0.4, -0.2) is 28.6 Å². The third-order valence-electron chi connectivity index (χ3n) is 6.46. The van der Waals surface area contributed by atoms with Crippen LogP contribution < -0.4 is 10.7 Å². The summed E-state index contributed by atoms with van der Waals surface area (Å²) in [5.74, 6) is -0.953. The number of nitrogens with one attached hydrogen (secondary N) is 2. The summed E-state index contributed by atoms with van der Waals surface area (Å²) in [6.07, 6.45) is 1.68. The standard InChI is InChI=1S/C30H31ClN4O2/c1-19(2)28(33-29(36)24-10-5-7-11-26(24)31)30(37)34-32-17-25-21(4)35(27-12-8-6-9-23(25)27)18-22-15-13-20(3)14-16-22/h5-17,19,28H,18H2,1-4H3,(H,33,36)(H,34,37). The summed E-state index contributed by atoms with van der Waals surface area (Å²) in [7, 11) is 0. The number of hydrogen-bond acceptors (Lipinski definition) is 3. The minimum atomic E-state index is -0.773. The van der Waals surface area contributed by atoms with Crippen LogP contribution in [0.1, 0.15) is 46.6 Å². The lowest BCUT2D eigenvalue weighted by atomic mass is 10.0. The zero-order chi connectivity index (χ0) is 26.5. The predicted molar refractivity (Wildman–Crippen MR) is 150 cm³/mol. The van der Waals surface area contributed by atoms with Gasteiger partial charge in [-0.1, -0.05) is 85.6 Å². The molecular formula is C30H31ClN4O2. The van der Waals surface area contributed by atoms with Gasteiger partial charge in [-0.25, -0.2) is 5.43 Å². The lowest BCUT2D eigenvalue weighted by Crippen LogP contribution is -2.48. The number of fused-ring (bicyclic) bond motifs is 1. The Balaban J connectivity index is 1.53. The molecule has 37 heavy (non-hydrogen) atoms. The first-order valence-corrected chi connectivity index (χ1v) is 12.7. The Bertz CT molecular complexity index is 1450. The molecule has 0 spiro atoms. The lowest BCUT2D eigenvalue weighted by molar-refractivity contribution is -0.123. The Morgan fingerprint density at radius 3 is 2.35 bits per heavy atom. The highest BCUT2D eigenvalue weighted by Gasteiger charge is 2.25. The van der Waals surface area contributed by atoms with E-state index < -0.39 is 17.9 Å². The molecule has 0 saturated carbocycles. The van der Waals surface area contributed by atoms with E-state index in [1.807, 2.05) is 26.0 Å². The molecule has 1 atom stereocenters. The molecule has 2 N–H and O–H groups in total. The summed E-state index contributed by atoms with van der Waals surface area (Å²) in [5, 5.41) is 8.44. The first kappa shape index (κ1) is 26.2. The molecular weight excluding hydrogens is 484 g/mol. The number of benzene rings is 3. The number of hydrogen-bond donors (Lipinski definition) is 2. The van der Waals surface area contributed by atoms with E-state index in [0.717, 1.165) is 28.7 Å². The lowest BCUT2D eigenvalue weighted by Gasteiger charge is -2.20. The third-order valence-corrected chi connectivity index (χ3v) is 6.79. The number of rotatable bonds is 8. The number of halogens is 1. The summed E-state index contributed by atoms with van der Waals surface area (Å²) in [5.41, 5.74) is 8.45. The monoisotopic (exact) mass is 514 g/mol. The number of amides is 2. The van der Waals surface area contributed by atoms with Gasteiger partial charge in [0.1, 0.15) is 6.04 Å². The first-order chi connectivity index (χ1) is 17.8. The van der Waals surface area contributed by atoms with Crippen molar-refractivity contribution in [3.8, 4) is 0 Å². The number of carbonyl (C=O) groups excluding carboxylic acids is 2. The van der Waals surface area contributed by atoms with Gasteiger partial charge in [0.15, 0.2) is 0 Å². The predicted octanol–water partition coefficient (Wildman–Crippen LogP) is 5.86. The zero-order valence-electron chi connectivity index (χ0n) is 21.5. The van der Waals surface area contributed by atoms with Crippen LogP contribution in [0.25, 0.3) is 10.9 Å². The highest BCUT2D eigenvalue weighted by molar-refractivity contribution is 6.33. The van der Waals surface area contributed by atoms with Gasteiger partial charge >= 0.3 is 0 Å². The van der Waals surface area contributed by atoms with E-state index in [1.165, 1.54) is 11.1 Å². The van der Waals surface area contributed by atoms with Gasteiger partial charge in [0.2, 0.25) is 0 Å². The van der Waals surface area contributed by atoms with Crippen molar-refractivity contribution in [1.82, 2.24) is 15.3 Å². The quantitative estimate of drug-likeness (QED) is 0.228. The van der Waals surface area contributed by atoms with Gasteiger partial charge in [0, 0.05) is 28.7 Å². The number of carbonyl (C=O) groups is 2. The van der Waals surface area contributed by atoms with Crippen LogP contribution in [-0.2, 0) is 11.3 Å².